The molecule has 6 heteroatoms. The standard InChI is InChI=1S/C23H30N4OS/c1-4-5-6-7-13-24-19(28)12-14-25-22-21-20(18-10-8-16(2)9-11-18)17(3)29-23(21)27-15-26-22/h8-11,15H,4-7,12-14H2,1-3H3,(H,24,28)(H,25,26,27). The predicted molar refractivity (Wildman–Crippen MR) is 123 cm³/mol. The van der Waals surface area contributed by atoms with E-state index in [1.54, 1.807) is 17.7 Å². The highest BCUT2D eigenvalue weighted by Crippen LogP contribution is 2.40. The first-order valence-corrected chi connectivity index (χ1v) is 11.2. The topological polar surface area (TPSA) is 66.9 Å². The highest BCUT2D eigenvalue weighted by molar-refractivity contribution is 7.19. The Labute approximate surface area is 177 Å². The van der Waals surface area contributed by atoms with Crippen LogP contribution in [0.25, 0.3) is 21.3 Å². The van der Waals surface area contributed by atoms with Crippen LogP contribution in [-0.2, 0) is 4.79 Å². The second-order valence-electron chi connectivity index (χ2n) is 7.39. The van der Waals surface area contributed by atoms with Crippen LogP contribution >= 0.6 is 11.3 Å². The summed E-state index contributed by atoms with van der Waals surface area (Å²) in [6.07, 6.45) is 6.68. The summed E-state index contributed by atoms with van der Waals surface area (Å²) in [5.41, 5.74) is 3.58. The number of anilines is 1. The van der Waals surface area contributed by atoms with Gasteiger partial charge in [0.1, 0.15) is 17.0 Å². The molecule has 0 aliphatic rings. The van der Waals surface area contributed by atoms with Crippen molar-refractivity contribution in [2.75, 3.05) is 18.4 Å². The number of thiophene rings is 1. The number of hydrogen-bond donors (Lipinski definition) is 2. The summed E-state index contributed by atoms with van der Waals surface area (Å²) in [5.74, 6) is 0.880. The molecule has 154 valence electrons. The van der Waals surface area contributed by atoms with Crippen molar-refractivity contribution in [3.63, 3.8) is 0 Å². The number of nitrogens with zero attached hydrogens (tertiary/aromatic N) is 2. The van der Waals surface area contributed by atoms with E-state index >= 15 is 0 Å². The summed E-state index contributed by atoms with van der Waals surface area (Å²) < 4.78 is 0. The van der Waals surface area contributed by atoms with Gasteiger partial charge in [0.2, 0.25) is 5.91 Å². The number of benzene rings is 1. The van der Waals surface area contributed by atoms with Crippen molar-refractivity contribution < 1.29 is 4.79 Å². The maximum absolute atomic E-state index is 12.1. The van der Waals surface area contributed by atoms with Gasteiger partial charge in [-0.2, -0.15) is 0 Å². The smallest absolute Gasteiger partial charge is 0.221 e. The van der Waals surface area contributed by atoms with Crippen molar-refractivity contribution in [1.29, 1.82) is 0 Å². The van der Waals surface area contributed by atoms with Gasteiger partial charge in [0, 0.05) is 30.0 Å². The second kappa shape index (κ2) is 10.3. The first-order valence-electron chi connectivity index (χ1n) is 10.4. The van der Waals surface area contributed by atoms with Gasteiger partial charge in [-0.15, -0.1) is 11.3 Å². The van der Waals surface area contributed by atoms with E-state index in [0.717, 1.165) is 29.0 Å². The third-order valence-corrected chi connectivity index (χ3v) is 6.01. The van der Waals surface area contributed by atoms with Crippen LogP contribution in [0.3, 0.4) is 0 Å². The summed E-state index contributed by atoms with van der Waals surface area (Å²) in [6.45, 7) is 7.71. The summed E-state index contributed by atoms with van der Waals surface area (Å²) in [6, 6.07) is 8.54. The van der Waals surface area contributed by atoms with Crippen LogP contribution in [0.5, 0.6) is 0 Å². The van der Waals surface area contributed by atoms with Gasteiger partial charge in [-0.3, -0.25) is 4.79 Å². The Bertz CT molecular complexity index is 949. The van der Waals surface area contributed by atoms with Gasteiger partial charge in [-0.05, 0) is 25.8 Å². The molecule has 1 amide bonds. The molecule has 2 N–H and O–H groups in total. The van der Waals surface area contributed by atoms with Gasteiger partial charge in [0.25, 0.3) is 0 Å². The SMILES string of the molecule is CCCCCCNC(=O)CCNc1ncnc2sc(C)c(-c3ccc(C)cc3)c12. The molecule has 3 aromatic rings. The molecular formula is C23H30N4OS. The lowest BCUT2D eigenvalue weighted by Gasteiger charge is -2.10. The van der Waals surface area contributed by atoms with Gasteiger partial charge in [-0.25, -0.2) is 9.97 Å². The molecule has 1 aromatic carbocycles. The monoisotopic (exact) mass is 410 g/mol. The minimum Gasteiger partial charge on any atom is -0.369 e. The number of aryl methyl sites for hydroxylation is 2. The minimum atomic E-state index is 0.0829. The van der Waals surface area contributed by atoms with Gasteiger partial charge in [0.15, 0.2) is 0 Å². The van der Waals surface area contributed by atoms with E-state index in [4.69, 9.17) is 0 Å². The van der Waals surface area contributed by atoms with Crippen molar-refractivity contribution in [2.24, 2.45) is 0 Å². The molecule has 2 aromatic heterocycles. The number of aromatic nitrogens is 2. The highest BCUT2D eigenvalue weighted by atomic mass is 32.1. The van der Waals surface area contributed by atoms with Crippen molar-refractivity contribution in [3.8, 4) is 11.1 Å². The van der Waals surface area contributed by atoms with Crippen molar-refractivity contribution in [2.45, 2.75) is 52.9 Å². The molecule has 0 atom stereocenters. The highest BCUT2D eigenvalue weighted by Gasteiger charge is 2.16. The van der Waals surface area contributed by atoms with Crippen molar-refractivity contribution in [1.82, 2.24) is 15.3 Å². The zero-order chi connectivity index (χ0) is 20.6. The lowest BCUT2D eigenvalue weighted by atomic mass is 10.0. The normalized spacial score (nSPS) is 11.0. The number of fused-ring (bicyclic) bond motifs is 1. The Balaban J connectivity index is 1.67. The third-order valence-electron chi connectivity index (χ3n) is 5.00. The van der Waals surface area contributed by atoms with Crippen LogP contribution in [0.2, 0.25) is 0 Å². The van der Waals surface area contributed by atoms with Crippen molar-refractivity contribution in [3.05, 3.63) is 41.0 Å². The van der Waals surface area contributed by atoms with E-state index in [1.807, 2.05) is 0 Å². The minimum absolute atomic E-state index is 0.0829. The largest absolute Gasteiger partial charge is 0.369 e. The second-order valence-corrected chi connectivity index (χ2v) is 8.59. The molecule has 0 aliphatic heterocycles. The number of unbranched alkanes of at least 4 members (excludes halogenated alkanes) is 3. The summed E-state index contributed by atoms with van der Waals surface area (Å²) in [4.78, 5) is 23.2. The molecule has 0 saturated heterocycles. The lowest BCUT2D eigenvalue weighted by Crippen LogP contribution is -2.26. The van der Waals surface area contributed by atoms with Gasteiger partial charge in [-0.1, -0.05) is 56.0 Å². The van der Waals surface area contributed by atoms with Crippen LogP contribution in [0, 0.1) is 13.8 Å². The fourth-order valence-corrected chi connectivity index (χ4v) is 4.42. The quantitative estimate of drug-likeness (QED) is 0.435. The van der Waals surface area contributed by atoms with E-state index in [0.29, 0.717) is 13.0 Å². The molecule has 0 radical (unpaired) electrons. The summed E-state index contributed by atoms with van der Waals surface area (Å²) in [5, 5.41) is 7.40. The maximum atomic E-state index is 12.1. The fraction of sp³-hybridized carbons (Fsp3) is 0.435. The average molecular weight is 411 g/mol. The van der Waals surface area contributed by atoms with Gasteiger partial charge < -0.3 is 10.6 Å². The van der Waals surface area contributed by atoms with Gasteiger partial charge in [0.05, 0.1) is 5.39 Å². The Kier molecular flexibility index (Phi) is 7.58. The Morgan fingerprint density at radius 2 is 1.83 bits per heavy atom. The maximum Gasteiger partial charge on any atom is 0.221 e. The Morgan fingerprint density at radius 3 is 2.59 bits per heavy atom. The van der Waals surface area contributed by atoms with E-state index in [1.165, 1.54) is 40.8 Å². The zero-order valence-electron chi connectivity index (χ0n) is 17.5. The van der Waals surface area contributed by atoms with Crippen molar-refractivity contribution >= 4 is 33.3 Å². The number of hydrogen-bond acceptors (Lipinski definition) is 5. The van der Waals surface area contributed by atoms with Crippen LogP contribution < -0.4 is 10.6 Å². The van der Waals surface area contributed by atoms with E-state index in [-0.39, 0.29) is 5.91 Å². The molecule has 0 aliphatic carbocycles. The van der Waals surface area contributed by atoms with E-state index in [2.05, 4.69) is 65.6 Å². The molecule has 29 heavy (non-hydrogen) atoms. The first-order chi connectivity index (χ1) is 14.1. The third kappa shape index (κ3) is 5.54. The molecule has 0 fully saturated rings. The number of carbonyl (C=O) groups excluding carboxylic acids is 1. The summed E-state index contributed by atoms with van der Waals surface area (Å²) in [7, 11) is 0. The molecule has 5 nitrogen and oxygen atoms in total. The van der Waals surface area contributed by atoms with Crippen LogP contribution in [0.15, 0.2) is 30.6 Å². The summed E-state index contributed by atoms with van der Waals surface area (Å²) >= 11 is 1.68. The molecule has 3 rings (SSSR count). The fourth-order valence-electron chi connectivity index (χ4n) is 3.41. The molecule has 0 unspecified atom stereocenters. The Hall–Kier alpha value is -2.47. The zero-order valence-corrected chi connectivity index (χ0v) is 18.4. The van der Waals surface area contributed by atoms with Gasteiger partial charge >= 0.3 is 0 Å². The van der Waals surface area contributed by atoms with E-state index in [9.17, 15) is 4.79 Å². The van der Waals surface area contributed by atoms with Crippen LogP contribution in [0.4, 0.5) is 5.82 Å². The molecule has 0 bridgehead atoms. The molecular weight excluding hydrogens is 380 g/mol. The number of carbonyl (C=O) groups is 1. The Morgan fingerprint density at radius 1 is 1.03 bits per heavy atom. The average Bonchev–Trinajstić information content (AvgIpc) is 3.05. The van der Waals surface area contributed by atoms with Crippen LogP contribution in [-0.4, -0.2) is 29.0 Å². The van der Waals surface area contributed by atoms with Crippen LogP contribution in [0.1, 0.15) is 49.5 Å². The van der Waals surface area contributed by atoms with E-state index < -0.39 is 0 Å². The predicted octanol–water partition coefficient (Wildman–Crippen LogP) is 5.47. The number of nitrogens with one attached hydrogen (secondary N) is 2. The molecule has 0 saturated carbocycles. The number of rotatable bonds is 10. The molecule has 2 heterocycles. The molecule has 0 spiro atoms. The lowest BCUT2D eigenvalue weighted by molar-refractivity contribution is -0.120. The first kappa shape index (κ1) is 21.2. The number of amides is 1.